The number of aromatic amines is 1. The van der Waals surface area contributed by atoms with Gasteiger partial charge >= 0.3 is 11.7 Å². The van der Waals surface area contributed by atoms with Crippen molar-refractivity contribution in [3.8, 4) is 22.5 Å². The molecule has 12 heteroatoms. The quantitative estimate of drug-likeness (QED) is 0.287. The van der Waals surface area contributed by atoms with Crippen LogP contribution in [0.25, 0.3) is 33.7 Å². The lowest BCUT2D eigenvalue weighted by atomic mass is 9.92. The molecule has 0 spiro atoms. The Labute approximate surface area is 235 Å². The van der Waals surface area contributed by atoms with E-state index in [2.05, 4.69) is 41.4 Å². The van der Waals surface area contributed by atoms with Crippen molar-refractivity contribution < 1.29 is 9.53 Å². The minimum absolute atomic E-state index is 0.135. The molecule has 1 N–H and O–H groups in total. The molecule has 3 aromatic heterocycles. The number of benzene rings is 2. The molecule has 5 aromatic rings. The van der Waals surface area contributed by atoms with Gasteiger partial charge in [0.2, 0.25) is 5.82 Å². The van der Waals surface area contributed by atoms with E-state index in [0.29, 0.717) is 30.3 Å². The van der Waals surface area contributed by atoms with Crippen LogP contribution in [-0.2, 0) is 35.6 Å². The summed E-state index contributed by atoms with van der Waals surface area (Å²) in [5.41, 5.74) is 3.02. The van der Waals surface area contributed by atoms with Crippen LogP contribution in [0.3, 0.4) is 0 Å². The van der Waals surface area contributed by atoms with E-state index in [1.54, 1.807) is 6.92 Å². The minimum Gasteiger partial charge on any atom is -0.468 e. The lowest BCUT2D eigenvalue weighted by Gasteiger charge is -2.19. The monoisotopic (exact) mass is 556 g/mol. The predicted octanol–water partition coefficient (Wildman–Crippen LogP) is 3.04. The third-order valence-electron chi connectivity index (χ3n) is 6.83. The smallest absolute Gasteiger partial charge is 0.333 e. The summed E-state index contributed by atoms with van der Waals surface area (Å²) in [4.78, 5) is 43.8. The number of aromatic nitrogens is 8. The minimum atomic E-state index is -0.677. The molecule has 41 heavy (non-hydrogen) atoms. The molecule has 0 bridgehead atoms. The van der Waals surface area contributed by atoms with Crippen LogP contribution in [0.1, 0.15) is 39.1 Å². The lowest BCUT2D eigenvalue weighted by molar-refractivity contribution is -0.141. The van der Waals surface area contributed by atoms with Crippen molar-refractivity contribution in [1.29, 1.82) is 0 Å². The maximum atomic E-state index is 13.7. The second kappa shape index (κ2) is 11.0. The Morgan fingerprint density at radius 1 is 0.976 bits per heavy atom. The number of imidazole rings is 1. The summed E-state index contributed by atoms with van der Waals surface area (Å²) in [6.07, 6.45) is 0.576. The molecule has 2 aromatic carbocycles. The van der Waals surface area contributed by atoms with Gasteiger partial charge in [0.25, 0.3) is 5.56 Å². The van der Waals surface area contributed by atoms with E-state index in [-0.39, 0.29) is 17.5 Å². The van der Waals surface area contributed by atoms with Crippen molar-refractivity contribution >= 4 is 17.1 Å². The van der Waals surface area contributed by atoms with Crippen molar-refractivity contribution in [3.63, 3.8) is 0 Å². The highest BCUT2D eigenvalue weighted by molar-refractivity contribution is 5.80. The van der Waals surface area contributed by atoms with Crippen LogP contribution >= 0.6 is 0 Å². The van der Waals surface area contributed by atoms with Gasteiger partial charge < -0.3 is 9.30 Å². The summed E-state index contributed by atoms with van der Waals surface area (Å²) in [7, 11) is 1.22. The highest BCUT2D eigenvalue weighted by Crippen LogP contribution is 2.30. The number of hydrogen-bond donors (Lipinski definition) is 1. The van der Waals surface area contributed by atoms with Crippen molar-refractivity contribution in [2.45, 2.75) is 53.8 Å². The molecule has 3 heterocycles. The number of nitrogens with one attached hydrogen (secondary N) is 1. The normalized spacial score (nSPS) is 11.7. The Kier molecular flexibility index (Phi) is 7.40. The van der Waals surface area contributed by atoms with E-state index in [0.717, 1.165) is 26.8 Å². The van der Waals surface area contributed by atoms with Gasteiger partial charge in [-0.2, -0.15) is 5.21 Å². The van der Waals surface area contributed by atoms with E-state index in [4.69, 9.17) is 9.72 Å². The number of esters is 1. The van der Waals surface area contributed by atoms with E-state index < -0.39 is 23.8 Å². The molecule has 0 radical (unpaired) electrons. The van der Waals surface area contributed by atoms with Crippen molar-refractivity contribution in [2.75, 3.05) is 7.11 Å². The number of carbonyl (C=O) groups is 1. The Bertz CT molecular complexity index is 1820. The van der Waals surface area contributed by atoms with Crippen LogP contribution in [-0.4, -0.2) is 52.4 Å². The van der Waals surface area contributed by atoms with Gasteiger partial charge in [0.1, 0.15) is 12.4 Å². The first kappa shape index (κ1) is 27.7. The molecule has 0 aliphatic rings. The summed E-state index contributed by atoms with van der Waals surface area (Å²) >= 11 is 0. The Morgan fingerprint density at radius 3 is 2.29 bits per heavy atom. The molecular weight excluding hydrogens is 524 g/mol. The van der Waals surface area contributed by atoms with Crippen LogP contribution in [0.4, 0.5) is 0 Å². The molecule has 12 nitrogen and oxygen atoms in total. The van der Waals surface area contributed by atoms with Crippen LogP contribution in [0.2, 0.25) is 0 Å². The summed E-state index contributed by atoms with van der Waals surface area (Å²) in [6, 6.07) is 15.8. The number of H-pyrrole nitrogens is 1. The fourth-order valence-electron chi connectivity index (χ4n) is 4.91. The molecule has 0 fully saturated rings. The fourth-order valence-corrected chi connectivity index (χ4v) is 4.91. The van der Waals surface area contributed by atoms with Crippen molar-refractivity contribution in [3.05, 3.63) is 80.8 Å². The van der Waals surface area contributed by atoms with Gasteiger partial charge in [-0.25, -0.2) is 14.3 Å². The highest BCUT2D eigenvalue weighted by atomic mass is 16.5. The van der Waals surface area contributed by atoms with Crippen LogP contribution < -0.4 is 11.2 Å². The lowest BCUT2D eigenvalue weighted by Crippen LogP contribution is -2.42. The zero-order chi connectivity index (χ0) is 29.3. The van der Waals surface area contributed by atoms with E-state index >= 15 is 0 Å². The van der Waals surface area contributed by atoms with E-state index in [1.807, 2.05) is 53.1 Å². The third kappa shape index (κ3) is 5.45. The Balaban J connectivity index is 1.62. The summed E-state index contributed by atoms with van der Waals surface area (Å²) in [5, 5.41) is 14.4. The molecule has 0 amide bonds. The largest absolute Gasteiger partial charge is 0.468 e. The van der Waals surface area contributed by atoms with E-state index in [1.165, 1.54) is 11.7 Å². The molecule has 0 saturated carbocycles. The molecular formula is C29H32N8O4. The van der Waals surface area contributed by atoms with Crippen LogP contribution in [0.15, 0.2) is 58.1 Å². The van der Waals surface area contributed by atoms with Gasteiger partial charge in [0, 0.05) is 25.1 Å². The second-order valence-electron chi connectivity index (χ2n) is 11.0. The molecule has 0 aliphatic carbocycles. The average molecular weight is 557 g/mol. The first-order chi connectivity index (χ1) is 19.6. The van der Waals surface area contributed by atoms with Gasteiger partial charge in [-0.05, 0) is 34.2 Å². The molecule has 0 atom stereocenters. The zero-order valence-electron chi connectivity index (χ0n) is 23.7. The van der Waals surface area contributed by atoms with Gasteiger partial charge in [0.05, 0.1) is 7.11 Å². The number of ether oxygens (including phenoxy) is 1. The SMILES string of the molecule is CCn1c(=O)n(CC(=O)OC)c(=O)c2c1nc(CC(C)(C)C)n2Cc1ccc(-c2ccccc2-c2nn[nH]n2)cc1. The summed E-state index contributed by atoms with van der Waals surface area (Å²) < 4.78 is 8.97. The molecule has 0 aliphatic heterocycles. The maximum absolute atomic E-state index is 13.7. The number of rotatable bonds is 8. The van der Waals surface area contributed by atoms with Gasteiger partial charge in [0.15, 0.2) is 11.2 Å². The number of methoxy groups -OCH3 is 1. The highest BCUT2D eigenvalue weighted by Gasteiger charge is 2.25. The van der Waals surface area contributed by atoms with Gasteiger partial charge in [-0.3, -0.25) is 14.2 Å². The van der Waals surface area contributed by atoms with Gasteiger partial charge in [-0.15, -0.1) is 10.2 Å². The number of tetrazole rings is 1. The fraction of sp³-hybridized carbons (Fsp3) is 0.345. The standard InChI is InChI=1S/C29H32N8O4/c1-6-35-26-24(27(39)37(28(35)40)17-23(38)41-5)36(22(30-26)15-29(2,3)4)16-18-11-13-19(14-12-18)20-9-7-8-10-21(20)25-31-33-34-32-25/h7-14H,6,15-17H2,1-5H3,(H,31,32,33,34). The first-order valence-corrected chi connectivity index (χ1v) is 13.3. The Hall–Kier alpha value is -4.87. The first-order valence-electron chi connectivity index (χ1n) is 13.3. The van der Waals surface area contributed by atoms with Crippen LogP contribution in [0, 0.1) is 5.41 Å². The Morgan fingerprint density at radius 2 is 1.68 bits per heavy atom. The van der Waals surface area contributed by atoms with Gasteiger partial charge in [-0.1, -0.05) is 69.3 Å². The van der Waals surface area contributed by atoms with Crippen LogP contribution in [0.5, 0.6) is 0 Å². The topological polar surface area (TPSA) is 143 Å². The average Bonchev–Trinajstić information content (AvgIpc) is 3.60. The second-order valence-corrected chi connectivity index (χ2v) is 11.0. The summed E-state index contributed by atoms with van der Waals surface area (Å²) in [6.45, 7) is 8.25. The number of nitrogens with zero attached hydrogens (tertiary/aromatic N) is 7. The third-order valence-corrected chi connectivity index (χ3v) is 6.83. The molecule has 0 unspecified atom stereocenters. The van der Waals surface area contributed by atoms with E-state index in [9.17, 15) is 14.4 Å². The number of aryl methyl sites for hydroxylation is 1. The predicted molar refractivity (Wildman–Crippen MR) is 153 cm³/mol. The summed E-state index contributed by atoms with van der Waals surface area (Å²) in [5.74, 6) is 0.518. The molecule has 212 valence electrons. The van der Waals surface area contributed by atoms with Crippen molar-refractivity contribution in [1.82, 2.24) is 39.3 Å². The maximum Gasteiger partial charge on any atom is 0.333 e. The molecule has 5 rings (SSSR count). The number of fused-ring (bicyclic) bond motifs is 1. The molecule has 0 saturated heterocycles. The zero-order valence-corrected chi connectivity index (χ0v) is 23.7. The number of hydrogen-bond acceptors (Lipinski definition) is 8. The number of carbonyl (C=O) groups excluding carboxylic acids is 1. The van der Waals surface area contributed by atoms with Crippen molar-refractivity contribution in [2.24, 2.45) is 5.41 Å².